The van der Waals surface area contributed by atoms with Gasteiger partial charge in [0.05, 0.1) is 6.61 Å². The molecule has 0 aromatic heterocycles. The molecule has 0 spiro atoms. The van der Waals surface area contributed by atoms with E-state index in [4.69, 9.17) is 9.26 Å². The number of rotatable bonds is 7. The fourth-order valence-corrected chi connectivity index (χ4v) is 2.05. The molecule has 0 bridgehead atoms. The molecule has 0 aliphatic rings. The monoisotopic (exact) mass is 279 g/mol. The van der Waals surface area contributed by atoms with Gasteiger partial charge in [0.15, 0.2) is 14.4 Å². The number of nitrogens with zero attached hydrogens (tertiary/aromatic N) is 1. The van der Waals surface area contributed by atoms with Gasteiger partial charge in [-0.15, -0.1) is 6.58 Å². The Morgan fingerprint density at radius 3 is 2.47 bits per heavy atom. The summed E-state index contributed by atoms with van der Waals surface area (Å²) in [5.41, 5.74) is 0.907. The fraction of sp³-hybridized carbons (Fsp3) is 0.357. The van der Waals surface area contributed by atoms with Crippen LogP contribution in [0.1, 0.15) is 11.7 Å². The number of benzene rings is 1. The fourth-order valence-electron chi connectivity index (χ4n) is 1.45. The van der Waals surface area contributed by atoms with Crippen LogP contribution in [0.3, 0.4) is 0 Å². The third-order valence-electron chi connectivity index (χ3n) is 2.14. The van der Waals surface area contributed by atoms with Crippen molar-refractivity contribution in [2.75, 3.05) is 6.61 Å². The van der Waals surface area contributed by atoms with E-state index in [0.717, 1.165) is 5.56 Å². The largest absolute Gasteiger partial charge is 0.444 e. The molecule has 0 aliphatic carbocycles. The second-order valence-corrected chi connectivity index (χ2v) is 9.50. The van der Waals surface area contributed by atoms with Gasteiger partial charge < -0.3 is 9.26 Å². The molecule has 0 aliphatic heterocycles. The van der Waals surface area contributed by atoms with Crippen molar-refractivity contribution >= 4 is 14.5 Å². The van der Waals surface area contributed by atoms with E-state index in [1.54, 1.807) is 6.08 Å². The zero-order valence-electron chi connectivity index (χ0n) is 11.7. The summed E-state index contributed by atoms with van der Waals surface area (Å²) in [5, 5.41) is 11.8. The van der Waals surface area contributed by atoms with Crippen LogP contribution < -0.4 is 0 Å². The summed E-state index contributed by atoms with van der Waals surface area (Å²) in [5.74, 6) is 0. The molecule has 4 nitrogen and oxygen atoms in total. The van der Waals surface area contributed by atoms with Crippen molar-refractivity contribution in [3.05, 3.63) is 53.8 Å². The average molecular weight is 279 g/mol. The molecule has 104 valence electrons. The highest BCUT2D eigenvalue weighted by atomic mass is 28.4. The lowest BCUT2D eigenvalue weighted by atomic mass is 10.1. The molecule has 0 radical (unpaired) electrons. The summed E-state index contributed by atoms with van der Waals surface area (Å²) in [6.07, 6.45) is 2.61. The number of ether oxygens (including phenoxy) is 1. The van der Waals surface area contributed by atoms with Crippen LogP contribution in [0.15, 0.2) is 43.0 Å². The van der Waals surface area contributed by atoms with E-state index >= 15 is 0 Å². The van der Waals surface area contributed by atoms with E-state index in [1.165, 1.54) is 6.21 Å². The normalized spacial score (nSPS) is 13.9. The van der Waals surface area contributed by atoms with Crippen molar-refractivity contribution in [2.45, 2.75) is 25.7 Å². The van der Waals surface area contributed by atoms with Crippen LogP contribution >= 0.6 is 0 Å². The first-order chi connectivity index (χ1) is 8.92. The average Bonchev–Trinajstić information content (AvgIpc) is 2.33. The van der Waals surface area contributed by atoms with Gasteiger partial charge in [-0.1, -0.05) is 56.0 Å². The molecule has 1 aromatic carbocycles. The van der Waals surface area contributed by atoms with Crippen molar-refractivity contribution in [1.29, 1.82) is 0 Å². The van der Waals surface area contributed by atoms with Crippen LogP contribution in [-0.4, -0.2) is 26.0 Å². The Kier molecular flexibility index (Phi) is 5.79. The molecule has 0 saturated heterocycles. The first-order valence-electron chi connectivity index (χ1n) is 6.20. The highest BCUT2D eigenvalue weighted by molar-refractivity contribution is 6.69. The molecule has 19 heavy (non-hydrogen) atoms. The van der Waals surface area contributed by atoms with Crippen LogP contribution in [-0.2, 0) is 9.26 Å². The Hall–Kier alpha value is -1.59. The predicted octanol–water partition coefficient (Wildman–Crippen LogP) is 3.28. The van der Waals surface area contributed by atoms with Gasteiger partial charge in [-0.2, -0.15) is 0 Å². The van der Waals surface area contributed by atoms with Gasteiger partial charge >= 0.3 is 0 Å². The Morgan fingerprint density at radius 1 is 1.32 bits per heavy atom. The van der Waals surface area contributed by atoms with Crippen molar-refractivity contribution < 1.29 is 14.2 Å². The van der Waals surface area contributed by atoms with Crippen molar-refractivity contribution in [2.24, 2.45) is 0 Å². The first kappa shape index (κ1) is 15.5. The Morgan fingerprint density at radius 2 is 1.95 bits per heavy atom. The quantitative estimate of drug-likeness (QED) is 0.253. The van der Waals surface area contributed by atoms with Crippen LogP contribution in [0, 0.1) is 5.21 Å². The standard InChI is InChI=1S/C14H21NO3Si/c1-5-11-17-14(13-9-7-6-8-10-13)12-15(16)18-19(2,3)4/h5-10,12,14H,1,11H2,2-4H3/b15-12+. The van der Waals surface area contributed by atoms with Crippen molar-refractivity contribution in [3.63, 3.8) is 0 Å². The summed E-state index contributed by atoms with van der Waals surface area (Å²) >= 11 is 0. The molecule has 0 saturated carbocycles. The minimum absolute atomic E-state index is 0.372. The van der Waals surface area contributed by atoms with E-state index < -0.39 is 14.4 Å². The molecule has 1 aromatic rings. The second-order valence-electron chi connectivity index (χ2n) is 5.09. The van der Waals surface area contributed by atoms with E-state index in [9.17, 15) is 5.21 Å². The molecule has 0 fully saturated rings. The highest BCUT2D eigenvalue weighted by Crippen LogP contribution is 2.15. The Bertz CT molecular complexity index is 426. The molecule has 5 heteroatoms. The molecule has 0 heterocycles. The molecular formula is C14H21NO3Si. The second kappa shape index (κ2) is 7.11. The van der Waals surface area contributed by atoms with Gasteiger partial charge in [-0.05, 0) is 5.56 Å². The minimum Gasteiger partial charge on any atom is -0.444 e. The van der Waals surface area contributed by atoms with Gasteiger partial charge in [0.1, 0.15) is 0 Å². The van der Waals surface area contributed by atoms with Gasteiger partial charge in [0, 0.05) is 4.90 Å². The molecule has 1 atom stereocenters. The maximum atomic E-state index is 11.8. The van der Waals surface area contributed by atoms with Crippen molar-refractivity contribution in [1.82, 2.24) is 0 Å². The third-order valence-corrected chi connectivity index (χ3v) is 2.87. The lowest BCUT2D eigenvalue weighted by Gasteiger charge is -2.20. The van der Waals surface area contributed by atoms with Crippen LogP contribution in [0.5, 0.6) is 0 Å². The van der Waals surface area contributed by atoms with Gasteiger partial charge in [-0.25, -0.2) is 0 Å². The van der Waals surface area contributed by atoms with Gasteiger partial charge in [0.2, 0.25) is 6.21 Å². The summed E-state index contributed by atoms with van der Waals surface area (Å²) in [7, 11) is -1.91. The zero-order chi connectivity index (χ0) is 14.3. The van der Waals surface area contributed by atoms with Gasteiger partial charge in [-0.3, -0.25) is 5.21 Å². The molecule has 0 N–H and O–H groups in total. The molecule has 1 unspecified atom stereocenters. The van der Waals surface area contributed by atoms with E-state index in [-0.39, 0.29) is 0 Å². The summed E-state index contributed by atoms with van der Waals surface area (Å²) in [6, 6.07) is 9.55. The minimum atomic E-state index is -1.91. The van der Waals surface area contributed by atoms with Crippen LogP contribution in [0.4, 0.5) is 0 Å². The van der Waals surface area contributed by atoms with Crippen LogP contribution in [0.2, 0.25) is 19.6 Å². The topological polar surface area (TPSA) is 44.5 Å². The lowest BCUT2D eigenvalue weighted by molar-refractivity contribution is -0.702. The summed E-state index contributed by atoms with van der Waals surface area (Å²) in [4.78, 5) is 0.521. The maximum absolute atomic E-state index is 11.8. The molecular weight excluding hydrogens is 258 g/mol. The highest BCUT2D eigenvalue weighted by Gasteiger charge is 2.18. The first-order valence-corrected chi connectivity index (χ1v) is 9.61. The van der Waals surface area contributed by atoms with Crippen molar-refractivity contribution in [3.8, 4) is 0 Å². The number of hydrogen-bond acceptors (Lipinski definition) is 3. The number of hydrogen-bond donors (Lipinski definition) is 0. The summed E-state index contributed by atoms with van der Waals surface area (Å²) < 4.78 is 10.9. The molecule has 0 amide bonds. The van der Waals surface area contributed by atoms with E-state index in [0.29, 0.717) is 11.5 Å². The van der Waals surface area contributed by atoms with E-state index in [1.807, 2.05) is 50.0 Å². The molecule has 1 rings (SSSR count). The van der Waals surface area contributed by atoms with E-state index in [2.05, 4.69) is 6.58 Å². The third kappa shape index (κ3) is 6.22. The predicted molar refractivity (Wildman–Crippen MR) is 79.5 cm³/mol. The zero-order valence-corrected chi connectivity index (χ0v) is 12.7. The van der Waals surface area contributed by atoms with Crippen LogP contribution in [0.25, 0.3) is 0 Å². The lowest BCUT2D eigenvalue weighted by Crippen LogP contribution is -2.31. The van der Waals surface area contributed by atoms with Gasteiger partial charge in [0.25, 0.3) is 0 Å². The Balaban J connectivity index is 2.86. The maximum Gasteiger partial charge on any atom is 0.242 e. The SMILES string of the molecule is C=CCOC(/C=[N+](\[O-])O[Si](C)(C)C)c1ccccc1. The summed E-state index contributed by atoms with van der Waals surface area (Å²) in [6.45, 7) is 9.84. The Labute approximate surface area is 115 Å². The smallest absolute Gasteiger partial charge is 0.242 e.